The molecule has 3 atom stereocenters. The Morgan fingerprint density at radius 1 is 1.07 bits per heavy atom. The number of benzene rings is 2. The second-order valence-corrected chi connectivity index (χ2v) is 10.1. The number of carbonyl (C=O) groups excluding carboxylic acids is 1. The molecule has 0 aromatic heterocycles. The predicted molar refractivity (Wildman–Crippen MR) is 108 cm³/mol. The van der Waals surface area contributed by atoms with Crippen LogP contribution in [0.5, 0.6) is 0 Å². The van der Waals surface area contributed by atoms with Crippen LogP contribution in [0.4, 0.5) is 4.79 Å². The van der Waals surface area contributed by atoms with Crippen molar-refractivity contribution in [1.82, 2.24) is 5.32 Å². The minimum absolute atomic E-state index is 0.0253. The Hall–Kier alpha value is -2.38. The van der Waals surface area contributed by atoms with Crippen molar-refractivity contribution in [2.24, 2.45) is 5.73 Å². The summed E-state index contributed by atoms with van der Waals surface area (Å²) in [6.07, 6.45) is -0.676. The number of hydrogen-bond donors (Lipinski definition) is 2. The van der Waals surface area contributed by atoms with Crippen LogP contribution in [0.15, 0.2) is 65.6 Å². The molecule has 0 heterocycles. The molecule has 3 rings (SSSR count). The van der Waals surface area contributed by atoms with Crippen molar-refractivity contribution in [3.8, 4) is 0 Å². The number of ether oxygens (including phenoxy) is 1. The van der Waals surface area contributed by atoms with Crippen LogP contribution in [0.3, 0.4) is 0 Å². The van der Waals surface area contributed by atoms with E-state index in [1.807, 2.05) is 30.3 Å². The van der Waals surface area contributed by atoms with Crippen molar-refractivity contribution >= 4 is 15.9 Å². The summed E-state index contributed by atoms with van der Waals surface area (Å²) in [5, 5.41) is 1.91. The van der Waals surface area contributed by atoms with Gasteiger partial charge < -0.3 is 15.8 Å². The Balaban J connectivity index is 2.01. The van der Waals surface area contributed by atoms with E-state index in [1.54, 1.807) is 51.1 Å². The number of carbonyl (C=O) groups is 1. The lowest BCUT2D eigenvalue weighted by Gasteiger charge is -2.24. The summed E-state index contributed by atoms with van der Waals surface area (Å²) in [5.41, 5.74) is 5.02. The fraction of sp³-hybridized carbons (Fsp3) is 0.381. The third kappa shape index (κ3) is 3.77. The van der Waals surface area contributed by atoms with Gasteiger partial charge in [-0.15, -0.1) is 0 Å². The lowest BCUT2D eigenvalue weighted by Crippen LogP contribution is -2.49. The van der Waals surface area contributed by atoms with Crippen LogP contribution in [0.2, 0.25) is 0 Å². The topological polar surface area (TPSA) is 98.5 Å². The highest BCUT2D eigenvalue weighted by Crippen LogP contribution is 2.56. The maximum atomic E-state index is 13.4. The molecule has 28 heavy (non-hydrogen) atoms. The van der Waals surface area contributed by atoms with E-state index in [2.05, 4.69) is 5.32 Å². The van der Waals surface area contributed by atoms with Gasteiger partial charge in [0.15, 0.2) is 9.84 Å². The molecule has 2 aromatic carbocycles. The molecule has 0 saturated heterocycles. The summed E-state index contributed by atoms with van der Waals surface area (Å²) in [6, 6.07) is 17.5. The van der Waals surface area contributed by atoms with Crippen LogP contribution in [0, 0.1) is 0 Å². The molecule has 0 unspecified atom stereocenters. The second kappa shape index (κ2) is 7.22. The largest absolute Gasteiger partial charge is 0.444 e. The summed E-state index contributed by atoms with van der Waals surface area (Å²) >= 11 is 0. The highest BCUT2D eigenvalue weighted by atomic mass is 32.2. The molecule has 150 valence electrons. The van der Waals surface area contributed by atoms with Crippen molar-refractivity contribution in [3.05, 3.63) is 66.2 Å². The Kier molecular flexibility index (Phi) is 5.25. The van der Waals surface area contributed by atoms with Gasteiger partial charge in [0, 0.05) is 12.5 Å². The van der Waals surface area contributed by atoms with Crippen molar-refractivity contribution in [3.63, 3.8) is 0 Å². The summed E-state index contributed by atoms with van der Waals surface area (Å²) in [6.45, 7) is 5.23. The molecule has 1 amide bonds. The normalized spacial score (nSPS) is 24.4. The number of alkyl carbamates (subject to hydrolysis) is 1. The van der Waals surface area contributed by atoms with E-state index in [0.717, 1.165) is 5.56 Å². The standard InChI is InChI=1S/C21H26N2O4S/c1-20(2,3)27-19(24)23-21(14-22)17(15-10-6-4-7-11-15)18(21)28(25,26)16-12-8-5-9-13-16/h4-13,17-18H,14,22H2,1-3H3,(H,23,24)/t17-,18+,21+/m0/s1. The van der Waals surface area contributed by atoms with Crippen LogP contribution < -0.4 is 11.1 Å². The molecule has 0 spiro atoms. The van der Waals surface area contributed by atoms with E-state index in [1.165, 1.54) is 0 Å². The number of amides is 1. The van der Waals surface area contributed by atoms with Crippen molar-refractivity contribution < 1.29 is 17.9 Å². The maximum Gasteiger partial charge on any atom is 0.408 e. The quantitative estimate of drug-likeness (QED) is 0.801. The van der Waals surface area contributed by atoms with E-state index in [0.29, 0.717) is 0 Å². The number of nitrogens with one attached hydrogen (secondary N) is 1. The molecule has 2 aromatic rings. The van der Waals surface area contributed by atoms with Crippen LogP contribution in [-0.4, -0.2) is 37.4 Å². The number of hydrogen-bond acceptors (Lipinski definition) is 5. The molecule has 1 aliphatic carbocycles. The summed E-state index contributed by atoms with van der Waals surface area (Å²) in [4.78, 5) is 12.7. The zero-order chi connectivity index (χ0) is 20.6. The number of rotatable bonds is 5. The molecule has 0 bridgehead atoms. The van der Waals surface area contributed by atoms with E-state index in [4.69, 9.17) is 10.5 Å². The highest BCUT2D eigenvalue weighted by Gasteiger charge is 2.71. The third-order valence-corrected chi connectivity index (χ3v) is 7.18. The van der Waals surface area contributed by atoms with E-state index >= 15 is 0 Å². The molecule has 7 heteroatoms. The molecular formula is C21H26N2O4S. The van der Waals surface area contributed by atoms with Gasteiger partial charge in [-0.05, 0) is 38.5 Å². The molecular weight excluding hydrogens is 376 g/mol. The van der Waals surface area contributed by atoms with Crippen LogP contribution >= 0.6 is 0 Å². The van der Waals surface area contributed by atoms with Gasteiger partial charge in [0.25, 0.3) is 0 Å². The van der Waals surface area contributed by atoms with Gasteiger partial charge in [-0.1, -0.05) is 48.5 Å². The Morgan fingerprint density at radius 2 is 1.61 bits per heavy atom. The zero-order valence-electron chi connectivity index (χ0n) is 16.3. The van der Waals surface area contributed by atoms with Gasteiger partial charge >= 0.3 is 6.09 Å². The average molecular weight is 403 g/mol. The van der Waals surface area contributed by atoms with Gasteiger partial charge in [0.05, 0.1) is 10.4 Å². The first-order valence-corrected chi connectivity index (χ1v) is 10.7. The summed E-state index contributed by atoms with van der Waals surface area (Å²) in [7, 11) is -3.72. The first-order valence-electron chi connectivity index (χ1n) is 9.17. The van der Waals surface area contributed by atoms with Crippen molar-refractivity contribution in [1.29, 1.82) is 0 Å². The van der Waals surface area contributed by atoms with Crippen molar-refractivity contribution in [2.45, 2.75) is 48.0 Å². The SMILES string of the molecule is CC(C)(C)OC(=O)N[C@@]1(CN)[C@H](S(=O)(=O)c2ccccc2)[C@@H]1c1ccccc1. The first kappa shape index (κ1) is 20.4. The lowest BCUT2D eigenvalue weighted by molar-refractivity contribution is 0.0497. The number of sulfone groups is 1. The van der Waals surface area contributed by atoms with E-state index in [-0.39, 0.29) is 11.4 Å². The molecule has 0 radical (unpaired) electrons. The van der Waals surface area contributed by atoms with E-state index < -0.39 is 38.2 Å². The van der Waals surface area contributed by atoms with E-state index in [9.17, 15) is 13.2 Å². The minimum atomic E-state index is -3.72. The molecule has 1 fully saturated rings. The molecule has 3 N–H and O–H groups in total. The lowest BCUT2D eigenvalue weighted by atomic mass is 10.1. The monoisotopic (exact) mass is 402 g/mol. The van der Waals surface area contributed by atoms with Gasteiger partial charge in [-0.25, -0.2) is 13.2 Å². The Morgan fingerprint density at radius 3 is 2.11 bits per heavy atom. The summed E-state index contributed by atoms with van der Waals surface area (Å²) in [5.74, 6) is -0.462. The zero-order valence-corrected chi connectivity index (χ0v) is 17.1. The maximum absolute atomic E-state index is 13.4. The molecule has 1 saturated carbocycles. The van der Waals surface area contributed by atoms with Crippen LogP contribution in [-0.2, 0) is 14.6 Å². The van der Waals surface area contributed by atoms with Gasteiger partial charge in [-0.3, -0.25) is 0 Å². The van der Waals surface area contributed by atoms with Crippen molar-refractivity contribution in [2.75, 3.05) is 6.54 Å². The molecule has 6 nitrogen and oxygen atoms in total. The van der Waals surface area contributed by atoms with Crippen LogP contribution in [0.1, 0.15) is 32.3 Å². The van der Waals surface area contributed by atoms with Crippen LogP contribution in [0.25, 0.3) is 0 Å². The molecule has 0 aliphatic heterocycles. The van der Waals surface area contributed by atoms with Gasteiger partial charge in [0.2, 0.25) is 0 Å². The average Bonchev–Trinajstić information content (AvgIpc) is 3.31. The second-order valence-electron chi connectivity index (χ2n) is 8.04. The fourth-order valence-corrected chi connectivity index (χ4v) is 6.05. The number of nitrogens with two attached hydrogens (primary N) is 1. The smallest absolute Gasteiger partial charge is 0.408 e. The molecule has 1 aliphatic rings. The van der Waals surface area contributed by atoms with Gasteiger partial charge in [0.1, 0.15) is 10.9 Å². The first-order chi connectivity index (χ1) is 13.1. The summed E-state index contributed by atoms with van der Waals surface area (Å²) < 4.78 is 32.1. The highest BCUT2D eigenvalue weighted by molar-refractivity contribution is 7.92. The Bertz CT molecular complexity index is 939. The fourth-order valence-electron chi connectivity index (χ4n) is 3.69. The minimum Gasteiger partial charge on any atom is -0.444 e. The third-order valence-electron chi connectivity index (χ3n) is 4.89. The predicted octanol–water partition coefficient (Wildman–Crippen LogP) is 2.85. The Labute approximate surface area is 166 Å². The van der Waals surface area contributed by atoms with Gasteiger partial charge in [-0.2, -0.15) is 0 Å².